The molecule has 4 heteroatoms. The van der Waals surface area contributed by atoms with Gasteiger partial charge in [0.2, 0.25) is 5.91 Å². The number of carbonyl (C=O) groups is 2. The predicted molar refractivity (Wildman–Crippen MR) is 56.5 cm³/mol. The largest absolute Gasteiger partial charge is 0.481 e. The van der Waals surface area contributed by atoms with Gasteiger partial charge in [0.1, 0.15) is 0 Å². The Labute approximate surface area is 90.3 Å². The number of rotatable bonds is 4. The molecule has 0 aromatic carbocycles. The van der Waals surface area contributed by atoms with Gasteiger partial charge in [-0.3, -0.25) is 9.59 Å². The van der Waals surface area contributed by atoms with Crippen LogP contribution in [0.5, 0.6) is 0 Å². The molecule has 15 heavy (non-hydrogen) atoms. The fourth-order valence-corrected chi connectivity index (χ4v) is 2.20. The Bertz CT molecular complexity index is 240. The van der Waals surface area contributed by atoms with Crippen molar-refractivity contribution in [1.82, 2.24) is 4.90 Å². The average molecular weight is 213 g/mol. The van der Waals surface area contributed by atoms with Gasteiger partial charge in [-0.25, -0.2) is 0 Å². The van der Waals surface area contributed by atoms with E-state index in [1.54, 1.807) is 6.92 Å². The zero-order chi connectivity index (χ0) is 11.3. The summed E-state index contributed by atoms with van der Waals surface area (Å²) in [6, 6.07) is 0.274. The number of hydrogen-bond acceptors (Lipinski definition) is 2. The first-order valence-electron chi connectivity index (χ1n) is 5.60. The standard InChI is InChI=1S/C11H19NO3/c1-9(13)12-8-3-2-5-10(12)6-4-7-11(14)15/h10H,2-8H2,1H3,(H,14,15). The lowest BCUT2D eigenvalue weighted by molar-refractivity contribution is -0.137. The predicted octanol–water partition coefficient (Wildman–Crippen LogP) is 1.64. The van der Waals surface area contributed by atoms with Crippen molar-refractivity contribution in [2.24, 2.45) is 0 Å². The fraction of sp³-hybridized carbons (Fsp3) is 0.818. The smallest absolute Gasteiger partial charge is 0.303 e. The van der Waals surface area contributed by atoms with Crippen molar-refractivity contribution in [3.05, 3.63) is 0 Å². The molecule has 1 rings (SSSR count). The minimum Gasteiger partial charge on any atom is -0.481 e. The molecule has 86 valence electrons. The van der Waals surface area contributed by atoms with Crippen LogP contribution in [-0.2, 0) is 9.59 Å². The van der Waals surface area contributed by atoms with E-state index in [-0.39, 0.29) is 18.4 Å². The second-order valence-corrected chi connectivity index (χ2v) is 4.15. The summed E-state index contributed by atoms with van der Waals surface area (Å²) < 4.78 is 0. The first kappa shape index (κ1) is 12.0. The van der Waals surface area contributed by atoms with Crippen molar-refractivity contribution in [3.8, 4) is 0 Å². The summed E-state index contributed by atoms with van der Waals surface area (Å²) in [4.78, 5) is 23.6. The van der Waals surface area contributed by atoms with E-state index in [0.29, 0.717) is 6.42 Å². The summed E-state index contributed by atoms with van der Waals surface area (Å²) in [6.07, 6.45) is 4.97. The van der Waals surface area contributed by atoms with Gasteiger partial charge in [0.05, 0.1) is 0 Å². The molecule has 1 atom stereocenters. The minimum absolute atomic E-state index is 0.120. The van der Waals surface area contributed by atoms with Crippen LogP contribution >= 0.6 is 0 Å². The maximum Gasteiger partial charge on any atom is 0.303 e. The number of carboxylic acid groups (broad SMARTS) is 1. The lowest BCUT2D eigenvalue weighted by Gasteiger charge is -2.35. The van der Waals surface area contributed by atoms with Crippen LogP contribution < -0.4 is 0 Å². The highest BCUT2D eigenvalue weighted by atomic mass is 16.4. The van der Waals surface area contributed by atoms with Gasteiger partial charge in [-0.15, -0.1) is 0 Å². The van der Waals surface area contributed by atoms with E-state index >= 15 is 0 Å². The van der Waals surface area contributed by atoms with Crippen LogP contribution in [0, 0.1) is 0 Å². The van der Waals surface area contributed by atoms with Crippen LogP contribution in [0.1, 0.15) is 45.4 Å². The Morgan fingerprint density at radius 3 is 2.73 bits per heavy atom. The SMILES string of the molecule is CC(=O)N1CCCCC1CCCC(=O)O. The van der Waals surface area contributed by atoms with Crippen molar-refractivity contribution in [2.45, 2.75) is 51.5 Å². The Hall–Kier alpha value is -1.06. The van der Waals surface area contributed by atoms with E-state index < -0.39 is 5.97 Å². The van der Waals surface area contributed by atoms with Gasteiger partial charge < -0.3 is 10.0 Å². The zero-order valence-corrected chi connectivity index (χ0v) is 9.24. The molecule has 1 saturated heterocycles. The number of amides is 1. The third-order valence-electron chi connectivity index (χ3n) is 2.96. The Kier molecular flexibility index (Phi) is 4.59. The van der Waals surface area contributed by atoms with Crippen LogP contribution in [0.2, 0.25) is 0 Å². The van der Waals surface area contributed by atoms with Crippen molar-refractivity contribution < 1.29 is 14.7 Å². The van der Waals surface area contributed by atoms with Crippen molar-refractivity contribution in [1.29, 1.82) is 0 Å². The summed E-state index contributed by atoms with van der Waals surface area (Å²) >= 11 is 0. The van der Waals surface area contributed by atoms with Gasteiger partial charge >= 0.3 is 5.97 Å². The Morgan fingerprint density at radius 2 is 2.13 bits per heavy atom. The topological polar surface area (TPSA) is 57.6 Å². The van der Waals surface area contributed by atoms with Gasteiger partial charge in [-0.1, -0.05) is 0 Å². The monoisotopic (exact) mass is 213 g/mol. The highest BCUT2D eigenvalue weighted by Crippen LogP contribution is 2.21. The molecule has 0 bridgehead atoms. The molecule has 0 aromatic heterocycles. The van der Waals surface area contributed by atoms with E-state index in [2.05, 4.69) is 0 Å². The van der Waals surface area contributed by atoms with Gasteiger partial charge in [-0.05, 0) is 32.1 Å². The Morgan fingerprint density at radius 1 is 1.40 bits per heavy atom. The van der Waals surface area contributed by atoms with Crippen molar-refractivity contribution in [2.75, 3.05) is 6.54 Å². The number of hydrogen-bond donors (Lipinski definition) is 1. The molecule has 1 unspecified atom stereocenters. The summed E-state index contributed by atoms with van der Waals surface area (Å²) in [6.45, 7) is 2.43. The maximum atomic E-state index is 11.3. The highest BCUT2D eigenvalue weighted by Gasteiger charge is 2.23. The zero-order valence-electron chi connectivity index (χ0n) is 9.24. The van der Waals surface area contributed by atoms with Gasteiger partial charge in [-0.2, -0.15) is 0 Å². The van der Waals surface area contributed by atoms with Crippen LogP contribution in [-0.4, -0.2) is 34.5 Å². The molecular formula is C11H19NO3. The van der Waals surface area contributed by atoms with Crippen LogP contribution in [0.4, 0.5) is 0 Å². The van der Waals surface area contributed by atoms with Crippen LogP contribution in [0.3, 0.4) is 0 Å². The third-order valence-corrected chi connectivity index (χ3v) is 2.96. The molecule has 1 N–H and O–H groups in total. The normalized spacial score (nSPS) is 21.4. The molecule has 0 aliphatic carbocycles. The third kappa shape index (κ3) is 3.90. The molecule has 1 amide bonds. The summed E-state index contributed by atoms with van der Waals surface area (Å²) in [7, 11) is 0. The van der Waals surface area contributed by atoms with Crippen LogP contribution in [0.25, 0.3) is 0 Å². The first-order chi connectivity index (χ1) is 7.11. The second kappa shape index (κ2) is 5.73. The molecule has 1 fully saturated rings. The van der Waals surface area contributed by atoms with Gasteiger partial charge in [0, 0.05) is 25.9 Å². The van der Waals surface area contributed by atoms with Crippen molar-refractivity contribution in [3.63, 3.8) is 0 Å². The second-order valence-electron chi connectivity index (χ2n) is 4.15. The van der Waals surface area contributed by atoms with E-state index in [9.17, 15) is 9.59 Å². The van der Waals surface area contributed by atoms with Crippen LogP contribution in [0.15, 0.2) is 0 Å². The minimum atomic E-state index is -0.750. The van der Waals surface area contributed by atoms with Gasteiger partial charge in [0.15, 0.2) is 0 Å². The molecule has 0 radical (unpaired) electrons. The molecule has 0 aromatic rings. The fourth-order valence-electron chi connectivity index (χ4n) is 2.20. The summed E-state index contributed by atoms with van der Waals surface area (Å²) in [5.41, 5.74) is 0. The average Bonchev–Trinajstić information content (AvgIpc) is 2.17. The molecule has 1 aliphatic heterocycles. The van der Waals surface area contributed by atoms with Crippen molar-refractivity contribution >= 4 is 11.9 Å². The lowest BCUT2D eigenvalue weighted by Crippen LogP contribution is -2.42. The van der Waals surface area contributed by atoms with E-state index in [1.165, 1.54) is 0 Å². The lowest BCUT2D eigenvalue weighted by atomic mass is 9.97. The van der Waals surface area contributed by atoms with E-state index in [1.807, 2.05) is 4.90 Å². The quantitative estimate of drug-likeness (QED) is 0.772. The number of likely N-dealkylation sites (tertiary alicyclic amines) is 1. The molecule has 4 nitrogen and oxygen atoms in total. The number of nitrogens with zero attached hydrogens (tertiary/aromatic N) is 1. The molecule has 0 spiro atoms. The summed E-state index contributed by atoms with van der Waals surface area (Å²) in [5.74, 6) is -0.629. The van der Waals surface area contributed by atoms with Gasteiger partial charge in [0.25, 0.3) is 0 Å². The number of piperidine rings is 1. The van der Waals surface area contributed by atoms with E-state index in [4.69, 9.17) is 5.11 Å². The molecule has 0 saturated carbocycles. The molecule has 1 aliphatic rings. The maximum absolute atomic E-state index is 11.3. The number of carbonyl (C=O) groups excluding carboxylic acids is 1. The Balaban J connectivity index is 2.36. The molecule has 1 heterocycles. The van der Waals surface area contributed by atoms with E-state index in [0.717, 1.165) is 32.2 Å². The summed E-state index contributed by atoms with van der Waals surface area (Å²) in [5, 5.41) is 8.54. The molecular weight excluding hydrogens is 194 g/mol. The highest BCUT2D eigenvalue weighted by molar-refractivity contribution is 5.73. The first-order valence-corrected chi connectivity index (χ1v) is 5.60. The number of aliphatic carboxylic acids is 1. The number of carboxylic acids is 1.